The quantitative estimate of drug-likeness (QED) is 0.390. The van der Waals surface area contributed by atoms with E-state index in [0.717, 1.165) is 30.6 Å². The fourth-order valence-electron chi connectivity index (χ4n) is 5.70. The van der Waals surface area contributed by atoms with Gasteiger partial charge in [0.1, 0.15) is 0 Å². The van der Waals surface area contributed by atoms with E-state index in [4.69, 9.17) is 0 Å². The molecule has 0 spiro atoms. The minimum atomic E-state index is -4.06. The van der Waals surface area contributed by atoms with Gasteiger partial charge in [0.2, 0.25) is 0 Å². The lowest BCUT2D eigenvalue weighted by molar-refractivity contribution is -0.185. The third-order valence-electron chi connectivity index (χ3n) is 8.20. The van der Waals surface area contributed by atoms with Crippen molar-refractivity contribution in [3.05, 3.63) is 0 Å². The molecule has 3 aliphatic rings. The lowest BCUT2D eigenvalue weighted by Crippen LogP contribution is -2.31. The van der Waals surface area contributed by atoms with E-state index < -0.39 is 12.1 Å². The van der Waals surface area contributed by atoms with Crippen molar-refractivity contribution in [1.82, 2.24) is 0 Å². The average Bonchev–Trinajstić information content (AvgIpc) is 2.66. The summed E-state index contributed by atoms with van der Waals surface area (Å²) in [5.41, 5.74) is -0.255. The van der Waals surface area contributed by atoms with Crippen molar-refractivity contribution in [2.24, 2.45) is 34.5 Å². The molecule has 0 aromatic heterocycles. The van der Waals surface area contributed by atoms with Gasteiger partial charge < -0.3 is 0 Å². The molecule has 0 atom stereocenters. The smallest absolute Gasteiger partial charge is 0.171 e. The normalized spacial score (nSPS) is 40.9. The molecule has 0 N–H and O–H groups in total. The molecule has 3 fully saturated rings. The molecule has 0 nitrogen and oxygen atoms in total. The van der Waals surface area contributed by atoms with Crippen molar-refractivity contribution in [1.29, 1.82) is 0 Å². The van der Waals surface area contributed by atoms with E-state index in [0.29, 0.717) is 12.8 Å². The van der Waals surface area contributed by atoms with Crippen molar-refractivity contribution in [3.63, 3.8) is 0 Å². The van der Waals surface area contributed by atoms with Crippen LogP contribution >= 0.6 is 0 Å². The van der Waals surface area contributed by atoms with Crippen LogP contribution in [0.3, 0.4) is 0 Å². The Balaban J connectivity index is 1.49. The van der Waals surface area contributed by atoms with Crippen molar-refractivity contribution >= 4 is 0 Å². The molecule has 3 rings (SSSR count). The number of halogens is 3. The number of hydrogen-bond donors (Lipinski definition) is 0. The molecular formula is C26H37F3. The molecule has 29 heavy (non-hydrogen) atoms. The van der Waals surface area contributed by atoms with Crippen LogP contribution in [0.2, 0.25) is 0 Å². The van der Waals surface area contributed by atoms with Crippen LogP contribution in [0.25, 0.3) is 0 Å². The predicted octanol–water partition coefficient (Wildman–Crippen LogP) is 7.77. The summed E-state index contributed by atoms with van der Waals surface area (Å²) in [6.07, 6.45) is 7.87. The molecule has 3 aliphatic carbocycles. The highest BCUT2D eigenvalue weighted by Gasteiger charge is 2.43. The summed E-state index contributed by atoms with van der Waals surface area (Å²) in [5.74, 6) is 14.3. The molecule has 0 heterocycles. The molecule has 0 aromatic rings. The number of hydrogen-bond acceptors (Lipinski definition) is 0. The van der Waals surface area contributed by atoms with E-state index in [1.165, 1.54) is 38.5 Å². The fraction of sp³-hybridized carbons (Fsp3) is 0.846. The third kappa shape index (κ3) is 6.20. The maximum absolute atomic E-state index is 12.9. The molecule has 0 bridgehead atoms. The average molecular weight is 407 g/mol. The van der Waals surface area contributed by atoms with Gasteiger partial charge in [-0.3, -0.25) is 0 Å². The summed E-state index contributed by atoms with van der Waals surface area (Å²) in [6, 6.07) is 0. The highest BCUT2D eigenvalue weighted by Crippen LogP contribution is 2.46. The molecule has 0 radical (unpaired) electrons. The Morgan fingerprint density at radius 1 is 0.655 bits per heavy atom. The van der Waals surface area contributed by atoms with Crippen LogP contribution in [0.15, 0.2) is 0 Å². The monoisotopic (exact) mass is 406 g/mol. The second kappa shape index (κ2) is 8.96. The van der Waals surface area contributed by atoms with Crippen LogP contribution in [-0.2, 0) is 0 Å². The third-order valence-corrected chi connectivity index (χ3v) is 8.20. The van der Waals surface area contributed by atoms with E-state index in [1.54, 1.807) is 0 Å². The molecule has 0 saturated heterocycles. The van der Waals surface area contributed by atoms with Crippen LogP contribution < -0.4 is 0 Å². The standard InChI is InChI=1S/C26H37F3/c1-20-6-8-21(9-7-20)22-10-16-24(2,17-11-22)14-4-5-15-25(3)18-12-23(13-19-25)26(27,28)29/h20-23H,6-13,16-19H2,1-3H3. The van der Waals surface area contributed by atoms with E-state index in [9.17, 15) is 13.2 Å². The Kier molecular flexibility index (Phi) is 6.98. The van der Waals surface area contributed by atoms with E-state index in [1.807, 2.05) is 6.92 Å². The van der Waals surface area contributed by atoms with Gasteiger partial charge >= 0.3 is 6.18 Å². The molecule has 0 unspecified atom stereocenters. The van der Waals surface area contributed by atoms with Gasteiger partial charge in [-0.25, -0.2) is 0 Å². The maximum atomic E-state index is 12.9. The molecule has 0 aliphatic heterocycles. The zero-order chi connectivity index (χ0) is 21.1. The topological polar surface area (TPSA) is 0 Å². The lowest BCUT2D eigenvalue weighted by atomic mass is 9.65. The van der Waals surface area contributed by atoms with Crippen molar-refractivity contribution in [2.45, 2.75) is 104 Å². The first-order valence-corrected chi connectivity index (χ1v) is 11.7. The van der Waals surface area contributed by atoms with Gasteiger partial charge in [0.15, 0.2) is 0 Å². The number of alkyl halides is 3. The molecule has 162 valence electrons. The summed E-state index contributed by atoms with van der Waals surface area (Å²) in [6.45, 7) is 6.64. The summed E-state index contributed by atoms with van der Waals surface area (Å²) in [4.78, 5) is 0. The first-order chi connectivity index (χ1) is 13.6. The van der Waals surface area contributed by atoms with Gasteiger partial charge in [-0.1, -0.05) is 31.6 Å². The first kappa shape index (κ1) is 22.6. The Hall–Kier alpha value is -1.09. The van der Waals surface area contributed by atoms with Gasteiger partial charge in [-0.2, -0.15) is 13.2 Å². The van der Waals surface area contributed by atoms with Gasteiger partial charge in [-0.15, -0.1) is 0 Å². The molecule has 3 heteroatoms. The minimum Gasteiger partial charge on any atom is -0.171 e. The van der Waals surface area contributed by atoms with Gasteiger partial charge in [0, 0.05) is 10.8 Å². The lowest BCUT2D eigenvalue weighted by Gasteiger charge is -2.39. The summed E-state index contributed by atoms with van der Waals surface area (Å²) in [7, 11) is 0. The zero-order valence-corrected chi connectivity index (χ0v) is 18.4. The van der Waals surface area contributed by atoms with Crippen LogP contribution in [0.1, 0.15) is 97.8 Å². The van der Waals surface area contributed by atoms with E-state index in [-0.39, 0.29) is 23.7 Å². The number of rotatable bonds is 1. The molecular weight excluding hydrogens is 369 g/mol. The largest absolute Gasteiger partial charge is 0.391 e. The zero-order valence-electron chi connectivity index (χ0n) is 18.4. The fourth-order valence-corrected chi connectivity index (χ4v) is 5.70. The highest BCUT2D eigenvalue weighted by atomic mass is 19.4. The van der Waals surface area contributed by atoms with Crippen LogP contribution in [0.4, 0.5) is 13.2 Å². The minimum absolute atomic E-state index is 0.0575. The van der Waals surface area contributed by atoms with Gasteiger partial charge in [0.05, 0.1) is 5.92 Å². The van der Waals surface area contributed by atoms with Gasteiger partial charge in [-0.05, 0) is 108 Å². The van der Waals surface area contributed by atoms with Crippen molar-refractivity contribution in [3.8, 4) is 23.7 Å². The van der Waals surface area contributed by atoms with Gasteiger partial charge in [0.25, 0.3) is 0 Å². The van der Waals surface area contributed by atoms with Crippen LogP contribution in [-0.4, -0.2) is 6.18 Å². The predicted molar refractivity (Wildman–Crippen MR) is 113 cm³/mol. The molecule has 0 aromatic carbocycles. The van der Waals surface area contributed by atoms with E-state index >= 15 is 0 Å². The summed E-state index contributed by atoms with van der Waals surface area (Å²) < 4.78 is 38.6. The summed E-state index contributed by atoms with van der Waals surface area (Å²) in [5, 5.41) is 0. The van der Waals surface area contributed by atoms with Crippen LogP contribution in [0, 0.1) is 58.2 Å². The summed E-state index contributed by atoms with van der Waals surface area (Å²) >= 11 is 0. The van der Waals surface area contributed by atoms with Crippen molar-refractivity contribution < 1.29 is 13.2 Å². The van der Waals surface area contributed by atoms with E-state index in [2.05, 4.69) is 37.5 Å². The maximum Gasteiger partial charge on any atom is 0.391 e. The van der Waals surface area contributed by atoms with Crippen LogP contribution in [0.5, 0.6) is 0 Å². The Labute approximate surface area is 175 Å². The second-order valence-corrected chi connectivity index (χ2v) is 10.8. The first-order valence-electron chi connectivity index (χ1n) is 11.7. The Morgan fingerprint density at radius 2 is 1.07 bits per heavy atom. The highest BCUT2D eigenvalue weighted by molar-refractivity contribution is 5.31. The Bertz CT molecular complexity index is 657. The second-order valence-electron chi connectivity index (χ2n) is 10.8. The Morgan fingerprint density at radius 3 is 1.52 bits per heavy atom. The SMILES string of the molecule is CC1CCC(C2CCC(C)(C#CC#CC3(C)CCC(C(F)(F)F)CC3)CC2)CC1. The molecule has 3 saturated carbocycles. The van der Waals surface area contributed by atoms with Crippen molar-refractivity contribution in [2.75, 3.05) is 0 Å². The molecule has 0 amide bonds.